The van der Waals surface area contributed by atoms with Crippen molar-refractivity contribution in [2.24, 2.45) is 0 Å². The Kier molecular flexibility index (Phi) is 1.73. The highest BCUT2D eigenvalue weighted by atomic mass is 79.9. The summed E-state index contributed by atoms with van der Waals surface area (Å²) in [7, 11) is 0. The Morgan fingerprint density at radius 2 is 2.21 bits per heavy atom. The molecule has 0 spiro atoms. The smallest absolute Gasteiger partial charge is 0.0773 e. The lowest BCUT2D eigenvalue weighted by Gasteiger charge is -2.01. The molecule has 3 heteroatoms. The molecule has 1 unspecified atom stereocenters. The normalized spacial score (nSPS) is 20.3. The first-order valence-electron chi connectivity index (χ1n) is 4.70. The molecule has 0 amide bonds. The van der Waals surface area contributed by atoms with Crippen molar-refractivity contribution in [2.75, 3.05) is 0 Å². The number of aliphatic hydroxyl groups excluding tert-OH is 1. The van der Waals surface area contributed by atoms with Crippen LogP contribution in [0.3, 0.4) is 0 Å². The zero-order valence-electron chi connectivity index (χ0n) is 7.57. The predicted octanol–water partition coefficient (Wildman–Crippen LogP) is 2.32. The van der Waals surface area contributed by atoms with Gasteiger partial charge in [0.2, 0.25) is 0 Å². The van der Waals surface area contributed by atoms with Gasteiger partial charge in [0.25, 0.3) is 0 Å². The van der Waals surface area contributed by atoms with Crippen molar-refractivity contribution in [3.63, 3.8) is 0 Å². The van der Waals surface area contributed by atoms with Crippen LogP contribution in [0.5, 0.6) is 0 Å². The molecule has 1 atom stereocenters. The van der Waals surface area contributed by atoms with Gasteiger partial charge in [-0.05, 0) is 24.3 Å². The third kappa shape index (κ3) is 1.12. The molecule has 1 aliphatic heterocycles. The second kappa shape index (κ2) is 2.84. The Labute approximate surface area is 90.3 Å². The molecule has 14 heavy (non-hydrogen) atoms. The Balaban J connectivity index is 2.28. The maximum atomic E-state index is 9.52. The highest BCUT2D eigenvalue weighted by Crippen LogP contribution is 2.28. The number of hydrogen-bond acceptors (Lipinski definition) is 1. The first-order valence-corrected chi connectivity index (χ1v) is 5.49. The van der Waals surface area contributed by atoms with Crippen molar-refractivity contribution in [3.8, 4) is 0 Å². The van der Waals surface area contributed by atoms with Crippen molar-refractivity contribution in [1.82, 2.24) is 4.57 Å². The standard InChI is InChI=1S/C11H10BrNO/c12-8-1-2-11-7(3-8)4-9-5-10(14)6-13(9)11/h1-4,10,14H,5-6H2. The van der Waals surface area contributed by atoms with Crippen LogP contribution in [0.1, 0.15) is 5.69 Å². The van der Waals surface area contributed by atoms with Crippen LogP contribution in [0.2, 0.25) is 0 Å². The lowest BCUT2D eigenvalue weighted by molar-refractivity contribution is 0.176. The molecule has 1 N–H and O–H groups in total. The summed E-state index contributed by atoms with van der Waals surface area (Å²) >= 11 is 3.46. The summed E-state index contributed by atoms with van der Waals surface area (Å²) in [6.07, 6.45) is 0.588. The monoisotopic (exact) mass is 251 g/mol. The third-order valence-electron chi connectivity index (χ3n) is 2.79. The SMILES string of the molecule is OC1Cc2cc3cc(Br)ccc3n2C1. The van der Waals surface area contributed by atoms with Gasteiger partial charge >= 0.3 is 0 Å². The van der Waals surface area contributed by atoms with Gasteiger partial charge in [0.1, 0.15) is 0 Å². The first kappa shape index (κ1) is 8.50. The van der Waals surface area contributed by atoms with Crippen LogP contribution >= 0.6 is 15.9 Å². The highest BCUT2D eigenvalue weighted by molar-refractivity contribution is 9.10. The van der Waals surface area contributed by atoms with E-state index in [2.05, 4.69) is 38.7 Å². The quantitative estimate of drug-likeness (QED) is 0.764. The topological polar surface area (TPSA) is 25.2 Å². The summed E-state index contributed by atoms with van der Waals surface area (Å²) in [6, 6.07) is 8.42. The van der Waals surface area contributed by atoms with Gasteiger partial charge in [-0.3, -0.25) is 0 Å². The molecular formula is C11H10BrNO. The second-order valence-electron chi connectivity index (χ2n) is 3.81. The van der Waals surface area contributed by atoms with Gasteiger partial charge in [0, 0.05) is 34.0 Å². The van der Waals surface area contributed by atoms with E-state index in [1.165, 1.54) is 16.6 Å². The van der Waals surface area contributed by atoms with Crippen LogP contribution in [-0.4, -0.2) is 15.8 Å². The highest BCUT2D eigenvalue weighted by Gasteiger charge is 2.20. The van der Waals surface area contributed by atoms with Gasteiger partial charge in [-0.15, -0.1) is 0 Å². The van der Waals surface area contributed by atoms with Crippen LogP contribution < -0.4 is 0 Å². The average Bonchev–Trinajstić information content (AvgIpc) is 2.59. The maximum Gasteiger partial charge on any atom is 0.0773 e. The molecule has 1 aliphatic rings. The zero-order valence-corrected chi connectivity index (χ0v) is 9.16. The van der Waals surface area contributed by atoms with E-state index in [-0.39, 0.29) is 6.10 Å². The molecule has 0 saturated carbocycles. The molecule has 72 valence electrons. The molecule has 2 aromatic rings. The summed E-state index contributed by atoms with van der Waals surface area (Å²) in [5.41, 5.74) is 2.46. The fourth-order valence-electron chi connectivity index (χ4n) is 2.20. The fourth-order valence-corrected chi connectivity index (χ4v) is 2.58. The largest absolute Gasteiger partial charge is 0.391 e. The third-order valence-corrected chi connectivity index (χ3v) is 3.28. The van der Waals surface area contributed by atoms with Crippen molar-refractivity contribution < 1.29 is 5.11 Å². The number of fused-ring (bicyclic) bond motifs is 3. The van der Waals surface area contributed by atoms with Gasteiger partial charge in [-0.1, -0.05) is 15.9 Å². The Morgan fingerprint density at radius 3 is 3.07 bits per heavy atom. The van der Waals surface area contributed by atoms with Crippen molar-refractivity contribution in [3.05, 3.63) is 34.4 Å². The molecule has 1 aromatic carbocycles. The number of hydrogen-bond donors (Lipinski definition) is 1. The van der Waals surface area contributed by atoms with Crippen LogP contribution in [-0.2, 0) is 13.0 Å². The predicted molar refractivity (Wildman–Crippen MR) is 59.3 cm³/mol. The summed E-state index contributed by atoms with van der Waals surface area (Å²) < 4.78 is 3.31. The molecule has 1 aromatic heterocycles. The molecule has 0 bridgehead atoms. The molecular weight excluding hydrogens is 242 g/mol. The average molecular weight is 252 g/mol. The van der Waals surface area contributed by atoms with E-state index in [4.69, 9.17) is 0 Å². The zero-order chi connectivity index (χ0) is 9.71. The number of aromatic nitrogens is 1. The maximum absolute atomic E-state index is 9.52. The van der Waals surface area contributed by atoms with E-state index in [0.29, 0.717) is 0 Å². The molecule has 0 saturated heterocycles. The van der Waals surface area contributed by atoms with Gasteiger partial charge in [-0.25, -0.2) is 0 Å². The summed E-state index contributed by atoms with van der Waals surface area (Å²) in [4.78, 5) is 0. The number of benzene rings is 1. The molecule has 0 fully saturated rings. The van der Waals surface area contributed by atoms with Crippen molar-refractivity contribution in [2.45, 2.75) is 19.1 Å². The minimum absolute atomic E-state index is 0.196. The number of nitrogens with zero attached hydrogens (tertiary/aromatic N) is 1. The minimum atomic E-state index is -0.196. The molecule has 3 rings (SSSR count). The number of aliphatic hydroxyl groups is 1. The lowest BCUT2D eigenvalue weighted by atomic mass is 10.2. The van der Waals surface area contributed by atoms with Crippen LogP contribution in [0.25, 0.3) is 10.9 Å². The van der Waals surface area contributed by atoms with Gasteiger partial charge in [-0.2, -0.15) is 0 Å². The van der Waals surface area contributed by atoms with E-state index >= 15 is 0 Å². The summed E-state index contributed by atoms with van der Waals surface area (Å²) in [6.45, 7) is 0.737. The van der Waals surface area contributed by atoms with Crippen LogP contribution in [0, 0.1) is 0 Å². The lowest BCUT2D eigenvalue weighted by Crippen LogP contribution is -2.06. The van der Waals surface area contributed by atoms with E-state index in [1.54, 1.807) is 0 Å². The van der Waals surface area contributed by atoms with Gasteiger partial charge in [0.05, 0.1) is 6.10 Å². The fraction of sp³-hybridized carbons (Fsp3) is 0.273. The van der Waals surface area contributed by atoms with Crippen LogP contribution in [0.15, 0.2) is 28.7 Å². The van der Waals surface area contributed by atoms with E-state index in [9.17, 15) is 5.11 Å². The molecule has 0 radical (unpaired) electrons. The second-order valence-corrected chi connectivity index (χ2v) is 4.72. The van der Waals surface area contributed by atoms with Crippen molar-refractivity contribution in [1.29, 1.82) is 0 Å². The Morgan fingerprint density at radius 1 is 1.36 bits per heavy atom. The molecule has 2 heterocycles. The molecule has 0 aliphatic carbocycles. The van der Waals surface area contributed by atoms with Crippen LogP contribution in [0.4, 0.5) is 0 Å². The van der Waals surface area contributed by atoms with E-state index < -0.39 is 0 Å². The van der Waals surface area contributed by atoms with Gasteiger partial charge in [0.15, 0.2) is 0 Å². The summed E-state index contributed by atoms with van der Waals surface area (Å²) in [5.74, 6) is 0. The van der Waals surface area contributed by atoms with Gasteiger partial charge < -0.3 is 9.67 Å². The molecule has 2 nitrogen and oxygen atoms in total. The Bertz CT molecular complexity index is 503. The minimum Gasteiger partial charge on any atom is -0.391 e. The van der Waals surface area contributed by atoms with Crippen molar-refractivity contribution >= 4 is 26.8 Å². The number of rotatable bonds is 0. The first-order chi connectivity index (χ1) is 6.74. The summed E-state index contributed by atoms with van der Waals surface area (Å²) in [5, 5.41) is 10.8. The number of halogens is 1. The van der Waals surface area contributed by atoms with E-state index in [0.717, 1.165) is 17.4 Å². The van der Waals surface area contributed by atoms with E-state index in [1.807, 2.05) is 6.07 Å². The Hall–Kier alpha value is -0.800.